The Morgan fingerprint density at radius 2 is 2.06 bits per heavy atom. The minimum absolute atomic E-state index is 0.0410. The van der Waals surface area contributed by atoms with Crippen LogP contribution in [0.3, 0.4) is 0 Å². The summed E-state index contributed by atoms with van der Waals surface area (Å²) in [4.78, 5) is 11.8. The average Bonchev–Trinajstić information content (AvgIpc) is 2.69. The number of nitrogens with one attached hydrogen (secondary N) is 2. The van der Waals surface area contributed by atoms with Crippen molar-refractivity contribution in [3.05, 3.63) is 23.5 Å². The maximum Gasteiger partial charge on any atom is 0.315 e. The number of aromatic nitrogens is 1. The average molecular weight is 249 g/mol. The SMILES string of the molecule is Cc1ccc(CNC(=O)NC2CCCCC2)n1C. The van der Waals surface area contributed by atoms with Crippen LogP contribution < -0.4 is 10.6 Å². The second-order valence-electron chi connectivity index (χ2n) is 5.19. The van der Waals surface area contributed by atoms with Crippen molar-refractivity contribution in [2.24, 2.45) is 7.05 Å². The summed E-state index contributed by atoms with van der Waals surface area (Å²) in [6.45, 7) is 2.65. The smallest absolute Gasteiger partial charge is 0.315 e. The molecule has 0 unspecified atom stereocenters. The molecule has 1 aromatic rings. The molecule has 0 bridgehead atoms. The Bertz CT molecular complexity index is 405. The van der Waals surface area contributed by atoms with Gasteiger partial charge in [0.15, 0.2) is 0 Å². The normalized spacial score (nSPS) is 16.6. The lowest BCUT2D eigenvalue weighted by atomic mass is 9.96. The van der Waals surface area contributed by atoms with Crippen molar-refractivity contribution >= 4 is 6.03 Å². The van der Waals surface area contributed by atoms with Gasteiger partial charge < -0.3 is 15.2 Å². The number of hydrogen-bond acceptors (Lipinski definition) is 1. The fourth-order valence-electron chi connectivity index (χ4n) is 2.50. The minimum atomic E-state index is -0.0410. The number of rotatable bonds is 3. The monoisotopic (exact) mass is 249 g/mol. The highest BCUT2D eigenvalue weighted by atomic mass is 16.2. The fourth-order valence-corrected chi connectivity index (χ4v) is 2.50. The van der Waals surface area contributed by atoms with Crippen LogP contribution in [0.4, 0.5) is 4.79 Å². The van der Waals surface area contributed by atoms with E-state index in [-0.39, 0.29) is 6.03 Å². The van der Waals surface area contributed by atoms with E-state index in [1.807, 2.05) is 7.05 Å². The van der Waals surface area contributed by atoms with Crippen molar-refractivity contribution in [1.29, 1.82) is 0 Å². The Morgan fingerprint density at radius 3 is 2.67 bits per heavy atom. The molecule has 1 aliphatic rings. The summed E-state index contributed by atoms with van der Waals surface area (Å²) >= 11 is 0. The van der Waals surface area contributed by atoms with Crippen molar-refractivity contribution in [1.82, 2.24) is 15.2 Å². The molecule has 0 saturated heterocycles. The highest BCUT2D eigenvalue weighted by molar-refractivity contribution is 5.74. The zero-order valence-electron chi connectivity index (χ0n) is 11.3. The Balaban J connectivity index is 1.76. The van der Waals surface area contributed by atoms with Gasteiger partial charge in [-0.25, -0.2) is 4.79 Å². The summed E-state index contributed by atoms with van der Waals surface area (Å²) < 4.78 is 2.10. The predicted octanol–water partition coefficient (Wildman–Crippen LogP) is 2.47. The van der Waals surface area contributed by atoms with Gasteiger partial charge in [-0.1, -0.05) is 19.3 Å². The van der Waals surface area contributed by atoms with Crippen molar-refractivity contribution in [3.63, 3.8) is 0 Å². The molecule has 4 heteroatoms. The van der Waals surface area contributed by atoms with Crippen LogP contribution in [0.15, 0.2) is 12.1 Å². The molecule has 0 atom stereocenters. The summed E-state index contributed by atoms with van der Waals surface area (Å²) in [6.07, 6.45) is 6.03. The number of nitrogens with zero attached hydrogens (tertiary/aromatic N) is 1. The molecular formula is C14H23N3O. The van der Waals surface area contributed by atoms with Gasteiger partial charge >= 0.3 is 6.03 Å². The lowest BCUT2D eigenvalue weighted by Gasteiger charge is -2.22. The minimum Gasteiger partial charge on any atom is -0.350 e. The largest absolute Gasteiger partial charge is 0.350 e. The van der Waals surface area contributed by atoms with Crippen LogP contribution in [0.5, 0.6) is 0 Å². The molecule has 0 spiro atoms. The van der Waals surface area contributed by atoms with Crippen LogP contribution in [0.25, 0.3) is 0 Å². The highest BCUT2D eigenvalue weighted by Gasteiger charge is 2.15. The lowest BCUT2D eigenvalue weighted by molar-refractivity contribution is 0.232. The molecule has 0 radical (unpaired) electrons. The van der Waals surface area contributed by atoms with E-state index in [4.69, 9.17) is 0 Å². The molecule has 100 valence electrons. The Labute approximate surface area is 109 Å². The van der Waals surface area contributed by atoms with Gasteiger partial charge in [0.2, 0.25) is 0 Å². The summed E-state index contributed by atoms with van der Waals surface area (Å²) in [5, 5.41) is 5.99. The molecule has 1 aromatic heterocycles. The topological polar surface area (TPSA) is 46.1 Å². The second kappa shape index (κ2) is 5.94. The summed E-state index contributed by atoms with van der Waals surface area (Å²) in [5.41, 5.74) is 2.34. The zero-order chi connectivity index (χ0) is 13.0. The molecule has 1 saturated carbocycles. The van der Waals surface area contributed by atoms with E-state index < -0.39 is 0 Å². The molecular weight excluding hydrogens is 226 g/mol. The molecule has 2 rings (SSSR count). The highest BCUT2D eigenvalue weighted by Crippen LogP contribution is 2.17. The van der Waals surface area contributed by atoms with E-state index in [0.717, 1.165) is 18.5 Å². The maximum absolute atomic E-state index is 11.8. The first-order valence-corrected chi connectivity index (χ1v) is 6.82. The first-order valence-electron chi connectivity index (χ1n) is 6.82. The predicted molar refractivity (Wildman–Crippen MR) is 72.4 cm³/mol. The third kappa shape index (κ3) is 3.28. The number of carbonyl (C=O) groups is 1. The van der Waals surface area contributed by atoms with Crippen molar-refractivity contribution < 1.29 is 4.79 Å². The Morgan fingerprint density at radius 1 is 1.33 bits per heavy atom. The van der Waals surface area contributed by atoms with Gasteiger partial charge in [-0.05, 0) is 31.9 Å². The van der Waals surface area contributed by atoms with Crippen LogP contribution in [0, 0.1) is 6.92 Å². The van der Waals surface area contributed by atoms with E-state index in [9.17, 15) is 4.79 Å². The zero-order valence-corrected chi connectivity index (χ0v) is 11.3. The van der Waals surface area contributed by atoms with E-state index in [0.29, 0.717) is 12.6 Å². The number of carbonyl (C=O) groups excluding carboxylic acids is 1. The first-order chi connectivity index (χ1) is 8.66. The van der Waals surface area contributed by atoms with Crippen molar-refractivity contribution in [2.75, 3.05) is 0 Å². The molecule has 0 aliphatic heterocycles. The van der Waals surface area contributed by atoms with Gasteiger partial charge in [0.25, 0.3) is 0 Å². The van der Waals surface area contributed by atoms with Gasteiger partial charge in [0, 0.05) is 24.5 Å². The van der Waals surface area contributed by atoms with E-state index in [1.54, 1.807) is 0 Å². The van der Waals surface area contributed by atoms with Crippen molar-refractivity contribution in [3.8, 4) is 0 Å². The molecule has 2 amide bonds. The summed E-state index contributed by atoms with van der Waals surface area (Å²) in [5.74, 6) is 0. The summed E-state index contributed by atoms with van der Waals surface area (Å²) in [6, 6.07) is 4.45. The van der Waals surface area contributed by atoms with Gasteiger partial charge in [0.05, 0.1) is 6.54 Å². The second-order valence-corrected chi connectivity index (χ2v) is 5.19. The molecule has 18 heavy (non-hydrogen) atoms. The van der Waals surface area contributed by atoms with Gasteiger partial charge in [0.1, 0.15) is 0 Å². The molecule has 0 aromatic carbocycles. The molecule has 1 heterocycles. The first kappa shape index (κ1) is 13.0. The molecule has 1 fully saturated rings. The van der Waals surface area contributed by atoms with Gasteiger partial charge in [-0.2, -0.15) is 0 Å². The number of amides is 2. The number of aryl methyl sites for hydroxylation is 1. The van der Waals surface area contributed by atoms with Gasteiger partial charge in [-0.3, -0.25) is 0 Å². The van der Waals surface area contributed by atoms with Crippen LogP contribution in [-0.2, 0) is 13.6 Å². The molecule has 1 aliphatic carbocycles. The van der Waals surface area contributed by atoms with E-state index >= 15 is 0 Å². The standard InChI is InChI=1S/C14H23N3O/c1-11-8-9-13(17(11)2)10-15-14(18)16-12-6-4-3-5-7-12/h8-9,12H,3-7,10H2,1-2H3,(H2,15,16,18). The van der Waals surface area contributed by atoms with Crippen LogP contribution in [0.1, 0.15) is 43.5 Å². The molecule has 2 N–H and O–H groups in total. The number of urea groups is 1. The Kier molecular flexibility index (Phi) is 4.28. The van der Waals surface area contributed by atoms with Crippen LogP contribution >= 0.6 is 0 Å². The van der Waals surface area contributed by atoms with Gasteiger partial charge in [-0.15, -0.1) is 0 Å². The van der Waals surface area contributed by atoms with Crippen LogP contribution in [0.2, 0.25) is 0 Å². The van der Waals surface area contributed by atoms with E-state index in [2.05, 4.69) is 34.3 Å². The van der Waals surface area contributed by atoms with Crippen molar-refractivity contribution in [2.45, 2.75) is 51.6 Å². The quantitative estimate of drug-likeness (QED) is 0.849. The fraction of sp³-hybridized carbons (Fsp3) is 0.643. The Hall–Kier alpha value is -1.45. The summed E-state index contributed by atoms with van der Waals surface area (Å²) in [7, 11) is 2.02. The third-order valence-electron chi connectivity index (χ3n) is 3.85. The third-order valence-corrected chi connectivity index (χ3v) is 3.85. The lowest BCUT2D eigenvalue weighted by Crippen LogP contribution is -2.42. The number of hydrogen-bond donors (Lipinski definition) is 2. The van der Waals surface area contributed by atoms with E-state index in [1.165, 1.54) is 25.0 Å². The maximum atomic E-state index is 11.8. The molecule has 4 nitrogen and oxygen atoms in total. The van der Waals surface area contributed by atoms with Crippen LogP contribution in [-0.4, -0.2) is 16.6 Å².